The fourth-order valence-corrected chi connectivity index (χ4v) is 3.11. The Morgan fingerprint density at radius 3 is 2.94 bits per heavy atom. The Balaban J connectivity index is 1.74. The Hall–Kier alpha value is -1.39. The summed E-state index contributed by atoms with van der Waals surface area (Å²) in [4.78, 5) is 12.2. The van der Waals surface area contributed by atoms with Crippen LogP contribution >= 0.6 is 11.3 Å². The van der Waals surface area contributed by atoms with Gasteiger partial charge in [-0.25, -0.2) is 0 Å². The van der Waals surface area contributed by atoms with Gasteiger partial charge in [0, 0.05) is 16.3 Å². The van der Waals surface area contributed by atoms with E-state index in [0.29, 0.717) is 6.04 Å². The van der Waals surface area contributed by atoms with E-state index in [9.17, 15) is 4.79 Å². The topological polar surface area (TPSA) is 41.1 Å². The fraction of sp³-hybridized carbons (Fsp3) is 0.357. The maximum atomic E-state index is 12.2. The number of nitrogens with one attached hydrogen (secondary N) is 2. The van der Waals surface area contributed by atoms with E-state index in [2.05, 4.69) is 22.1 Å². The second-order valence-electron chi connectivity index (χ2n) is 4.67. The van der Waals surface area contributed by atoms with E-state index in [0.717, 1.165) is 36.9 Å². The zero-order valence-electron chi connectivity index (χ0n) is 10.1. The Labute approximate surface area is 110 Å². The lowest BCUT2D eigenvalue weighted by molar-refractivity contribution is 0.0929. The van der Waals surface area contributed by atoms with Gasteiger partial charge in [-0.1, -0.05) is 0 Å². The average Bonchev–Trinajstić information content (AvgIpc) is 2.87. The highest BCUT2D eigenvalue weighted by Crippen LogP contribution is 2.21. The average molecular weight is 260 g/mol. The highest BCUT2D eigenvalue weighted by molar-refractivity contribution is 7.17. The van der Waals surface area contributed by atoms with Gasteiger partial charge in [0.1, 0.15) is 0 Å². The third kappa shape index (κ3) is 2.40. The first-order valence-corrected chi connectivity index (χ1v) is 7.20. The van der Waals surface area contributed by atoms with Crippen molar-refractivity contribution in [3.05, 3.63) is 35.2 Å². The minimum Gasteiger partial charge on any atom is -0.349 e. The zero-order chi connectivity index (χ0) is 12.4. The number of fused-ring (bicyclic) bond motifs is 1. The molecule has 0 unspecified atom stereocenters. The molecule has 1 amide bonds. The highest BCUT2D eigenvalue weighted by Gasteiger charge is 2.16. The smallest absolute Gasteiger partial charge is 0.251 e. The van der Waals surface area contributed by atoms with Crippen LogP contribution in [0.4, 0.5) is 0 Å². The molecule has 3 nitrogen and oxygen atoms in total. The summed E-state index contributed by atoms with van der Waals surface area (Å²) < 4.78 is 1.23. The molecule has 1 aromatic heterocycles. The van der Waals surface area contributed by atoms with E-state index in [4.69, 9.17) is 0 Å². The highest BCUT2D eigenvalue weighted by atomic mass is 32.1. The second kappa shape index (κ2) is 5.08. The first-order valence-electron chi connectivity index (χ1n) is 6.32. The van der Waals surface area contributed by atoms with Gasteiger partial charge < -0.3 is 10.6 Å². The largest absolute Gasteiger partial charge is 0.349 e. The van der Waals surface area contributed by atoms with Gasteiger partial charge in [0.25, 0.3) is 5.91 Å². The summed E-state index contributed by atoms with van der Waals surface area (Å²) >= 11 is 1.70. The van der Waals surface area contributed by atoms with Crippen molar-refractivity contribution in [1.29, 1.82) is 0 Å². The van der Waals surface area contributed by atoms with E-state index < -0.39 is 0 Å². The minimum atomic E-state index is 0.0509. The van der Waals surface area contributed by atoms with Crippen molar-refractivity contribution in [2.75, 3.05) is 13.1 Å². The minimum absolute atomic E-state index is 0.0509. The van der Waals surface area contributed by atoms with Crippen LogP contribution in [0, 0.1) is 0 Å². The summed E-state index contributed by atoms with van der Waals surface area (Å²) in [6.07, 6.45) is 2.04. The van der Waals surface area contributed by atoms with Crippen molar-refractivity contribution in [2.24, 2.45) is 0 Å². The first kappa shape index (κ1) is 11.7. The number of rotatable bonds is 2. The monoisotopic (exact) mass is 260 g/mol. The molecule has 1 aliphatic rings. The van der Waals surface area contributed by atoms with Crippen molar-refractivity contribution in [3.8, 4) is 0 Å². The predicted octanol–water partition coefficient (Wildman–Crippen LogP) is 2.38. The van der Waals surface area contributed by atoms with Crippen LogP contribution in [0.1, 0.15) is 23.2 Å². The summed E-state index contributed by atoms with van der Waals surface area (Å²) in [5.41, 5.74) is 0.763. The van der Waals surface area contributed by atoms with Crippen LogP contribution in [0.2, 0.25) is 0 Å². The van der Waals surface area contributed by atoms with Crippen LogP contribution in [0.5, 0.6) is 0 Å². The third-order valence-corrected chi connectivity index (χ3v) is 4.29. The SMILES string of the molecule is O=C(NC1CCNCC1)c1ccc2sccc2c1. The fourth-order valence-electron chi connectivity index (χ4n) is 2.34. The normalized spacial score (nSPS) is 16.9. The second-order valence-corrected chi connectivity index (χ2v) is 5.62. The van der Waals surface area contributed by atoms with Gasteiger partial charge in [0.15, 0.2) is 0 Å². The molecule has 2 N–H and O–H groups in total. The van der Waals surface area contributed by atoms with Crippen molar-refractivity contribution in [3.63, 3.8) is 0 Å². The lowest BCUT2D eigenvalue weighted by Gasteiger charge is -2.23. The molecule has 1 aliphatic heterocycles. The number of carbonyl (C=O) groups is 1. The van der Waals surface area contributed by atoms with Gasteiger partial charge in [0.05, 0.1) is 0 Å². The molecule has 0 saturated carbocycles. The Morgan fingerprint density at radius 1 is 1.28 bits per heavy atom. The van der Waals surface area contributed by atoms with Crippen LogP contribution < -0.4 is 10.6 Å². The van der Waals surface area contributed by atoms with E-state index in [1.54, 1.807) is 11.3 Å². The van der Waals surface area contributed by atoms with Gasteiger partial charge in [0.2, 0.25) is 0 Å². The first-order chi connectivity index (χ1) is 8.83. The third-order valence-electron chi connectivity index (χ3n) is 3.39. The number of thiophene rings is 1. The number of benzene rings is 1. The molecule has 0 bridgehead atoms. The molecule has 0 aliphatic carbocycles. The van der Waals surface area contributed by atoms with Gasteiger partial charge in [-0.3, -0.25) is 4.79 Å². The zero-order valence-corrected chi connectivity index (χ0v) is 10.9. The molecular weight excluding hydrogens is 244 g/mol. The lowest BCUT2D eigenvalue weighted by Crippen LogP contribution is -2.42. The Bertz CT molecular complexity index is 558. The molecule has 1 fully saturated rings. The molecule has 18 heavy (non-hydrogen) atoms. The van der Waals surface area contributed by atoms with Crippen molar-refractivity contribution < 1.29 is 4.79 Å². The van der Waals surface area contributed by atoms with E-state index in [1.165, 1.54) is 4.70 Å². The molecule has 94 valence electrons. The number of amides is 1. The molecule has 1 saturated heterocycles. The molecule has 3 rings (SSSR count). The molecule has 0 spiro atoms. The predicted molar refractivity (Wildman–Crippen MR) is 75.2 cm³/mol. The van der Waals surface area contributed by atoms with Crippen molar-refractivity contribution in [2.45, 2.75) is 18.9 Å². The van der Waals surface area contributed by atoms with E-state index in [-0.39, 0.29) is 5.91 Å². The Morgan fingerprint density at radius 2 is 2.11 bits per heavy atom. The van der Waals surface area contributed by atoms with Crippen LogP contribution in [0.15, 0.2) is 29.6 Å². The number of hydrogen-bond donors (Lipinski definition) is 2. The molecule has 0 atom stereocenters. The molecule has 2 aromatic rings. The molecule has 4 heteroatoms. The van der Waals surface area contributed by atoms with Gasteiger partial charge in [-0.05, 0) is 61.0 Å². The van der Waals surface area contributed by atoms with Crippen molar-refractivity contribution in [1.82, 2.24) is 10.6 Å². The number of piperidine rings is 1. The molecule has 2 heterocycles. The summed E-state index contributed by atoms with van der Waals surface area (Å²) in [5, 5.41) is 9.62. The lowest BCUT2D eigenvalue weighted by atomic mass is 10.1. The quantitative estimate of drug-likeness (QED) is 0.870. The van der Waals surface area contributed by atoms with Crippen LogP contribution in [0.3, 0.4) is 0 Å². The van der Waals surface area contributed by atoms with E-state index >= 15 is 0 Å². The van der Waals surface area contributed by atoms with Gasteiger partial charge >= 0.3 is 0 Å². The molecule has 0 radical (unpaired) electrons. The Kier molecular flexibility index (Phi) is 3.30. The van der Waals surface area contributed by atoms with Crippen molar-refractivity contribution >= 4 is 27.3 Å². The van der Waals surface area contributed by atoms with Crippen LogP contribution in [-0.4, -0.2) is 25.0 Å². The summed E-state index contributed by atoms with van der Waals surface area (Å²) in [7, 11) is 0. The molecule has 1 aromatic carbocycles. The number of hydrogen-bond acceptors (Lipinski definition) is 3. The maximum Gasteiger partial charge on any atom is 0.251 e. The van der Waals surface area contributed by atoms with E-state index in [1.807, 2.05) is 18.2 Å². The summed E-state index contributed by atoms with van der Waals surface area (Å²) in [6.45, 7) is 1.99. The van der Waals surface area contributed by atoms with Gasteiger partial charge in [-0.2, -0.15) is 0 Å². The van der Waals surface area contributed by atoms with Crippen LogP contribution in [0.25, 0.3) is 10.1 Å². The summed E-state index contributed by atoms with van der Waals surface area (Å²) in [5.74, 6) is 0.0509. The van der Waals surface area contributed by atoms with Crippen LogP contribution in [-0.2, 0) is 0 Å². The summed E-state index contributed by atoms with van der Waals surface area (Å²) in [6, 6.07) is 8.28. The van der Waals surface area contributed by atoms with Gasteiger partial charge in [-0.15, -0.1) is 11.3 Å². The standard InChI is InChI=1S/C14H16N2OS/c17-14(16-12-3-6-15-7-4-12)11-1-2-13-10(9-11)5-8-18-13/h1-2,5,8-9,12,15H,3-4,6-7H2,(H,16,17). The molecular formula is C14H16N2OS. The maximum absolute atomic E-state index is 12.2. The number of carbonyl (C=O) groups excluding carboxylic acids is 1.